The Balaban J connectivity index is 2.32. The van der Waals surface area contributed by atoms with Crippen LogP contribution in [0.3, 0.4) is 0 Å². The maximum atomic E-state index is 13.2. The predicted molar refractivity (Wildman–Crippen MR) is 60.4 cm³/mol. The third-order valence-electron chi connectivity index (χ3n) is 3.13. The predicted octanol–water partition coefficient (Wildman–Crippen LogP) is 2.87. The summed E-state index contributed by atoms with van der Waals surface area (Å²) in [7, 11) is 1.50. The van der Waals surface area contributed by atoms with Gasteiger partial charge >= 0.3 is 0 Å². The molecule has 0 spiro atoms. The summed E-state index contributed by atoms with van der Waals surface area (Å²) in [4.78, 5) is 0. The smallest absolute Gasteiger partial charge is 0.270 e. The van der Waals surface area contributed by atoms with Gasteiger partial charge in [0.25, 0.3) is 5.92 Å². The van der Waals surface area contributed by atoms with Gasteiger partial charge in [-0.05, 0) is 36.6 Å². The molecule has 4 heteroatoms. The van der Waals surface area contributed by atoms with E-state index in [0.717, 1.165) is 19.8 Å². The molecule has 0 heterocycles. The van der Waals surface area contributed by atoms with Crippen LogP contribution in [0, 0.1) is 0 Å². The van der Waals surface area contributed by atoms with E-state index in [9.17, 15) is 13.9 Å². The number of ether oxygens (including phenoxy) is 1. The maximum Gasteiger partial charge on any atom is 0.270 e. The quantitative estimate of drug-likeness (QED) is 0.879. The van der Waals surface area contributed by atoms with Crippen molar-refractivity contribution in [3.8, 4) is 5.75 Å². The lowest BCUT2D eigenvalue weighted by Gasteiger charge is -2.16. The number of alkyl halides is 2. The van der Waals surface area contributed by atoms with E-state index in [0.29, 0.717) is 17.7 Å². The number of benzene rings is 1. The molecule has 1 aromatic rings. The van der Waals surface area contributed by atoms with Gasteiger partial charge in [-0.3, -0.25) is 0 Å². The second kappa shape index (κ2) is 3.95. The van der Waals surface area contributed by atoms with E-state index in [2.05, 4.69) is 0 Å². The van der Waals surface area contributed by atoms with Crippen LogP contribution in [-0.4, -0.2) is 17.8 Å². The first kappa shape index (κ1) is 12.3. The fourth-order valence-corrected chi connectivity index (χ4v) is 1.87. The Kier molecular flexibility index (Phi) is 2.86. The fraction of sp³-hybridized carbons (Fsp3) is 0.538. The van der Waals surface area contributed by atoms with E-state index >= 15 is 0 Å². The Bertz CT molecular complexity index is 420. The zero-order valence-corrected chi connectivity index (χ0v) is 9.96. The average Bonchev–Trinajstić information content (AvgIpc) is 2.94. The van der Waals surface area contributed by atoms with Crippen LogP contribution in [0.1, 0.15) is 30.9 Å². The third-order valence-corrected chi connectivity index (χ3v) is 3.13. The van der Waals surface area contributed by atoms with E-state index in [4.69, 9.17) is 4.74 Å². The Labute approximate surface area is 99.2 Å². The van der Waals surface area contributed by atoms with Gasteiger partial charge in [0.15, 0.2) is 0 Å². The van der Waals surface area contributed by atoms with Gasteiger partial charge in [0.05, 0.1) is 12.7 Å². The van der Waals surface area contributed by atoms with E-state index in [1.54, 1.807) is 0 Å². The lowest BCUT2D eigenvalue weighted by Crippen LogP contribution is -2.14. The molecule has 1 saturated carbocycles. The van der Waals surface area contributed by atoms with Gasteiger partial charge < -0.3 is 9.84 Å². The summed E-state index contributed by atoms with van der Waals surface area (Å²) in [6.07, 6.45) is 1.83. The number of hydrogen-bond acceptors (Lipinski definition) is 2. The van der Waals surface area contributed by atoms with Crippen molar-refractivity contribution in [2.45, 2.75) is 37.7 Å². The summed E-state index contributed by atoms with van der Waals surface area (Å²) >= 11 is 0. The van der Waals surface area contributed by atoms with Gasteiger partial charge in [0, 0.05) is 18.9 Å². The first-order valence-corrected chi connectivity index (χ1v) is 5.62. The van der Waals surface area contributed by atoms with Gasteiger partial charge in [-0.2, -0.15) is 0 Å². The van der Waals surface area contributed by atoms with Gasteiger partial charge in [-0.15, -0.1) is 0 Å². The van der Waals surface area contributed by atoms with Crippen molar-refractivity contribution in [3.05, 3.63) is 29.3 Å². The molecule has 1 aliphatic carbocycles. The summed E-state index contributed by atoms with van der Waals surface area (Å²) in [5, 5.41) is 9.85. The Morgan fingerprint density at radius 3 is 2.53 bits per heavy atom. The average molecular weight is 242 g/mol. The van der Waals surface area contributed by atoms with E-state index in [-0.39, 0.29) is 5.56 Å². The van der Waals surface area contributed by atoms with Crippen molar-refractivity contribution in [2.75, 3.05) is 7.11 Å². The highest BCUT2D eigenvalue weighted by atomic mass is 19.3. The number of methoxy groups -OCH3 is 1. The van der Waals surface area contributed by atoms with Crippen LogP contribution in [0.25, 0.3) is 0 Å². The minimum absolute atomic E-state index is 0.0439. The molecule has 0 unspecified atom stereocenters. The standard InChI is InChI=1S/C13H16F2O2/c1-12(14,15)10-3-4-11(17-2)9(7-10)8-13(16)5-6-13/h3-4,7,16H,5-6,8H2,1-2H3. The van der Waals surface area contributed by atoms with Crippen LogP contribution in [0.4, 0.5) is 8.78 Å². The fourth-order valence-electron chi connectivity index (χ4n) is 1.87. The first-order chi connectivity index (χ1) is 7.84. The number of hydrogen-bond donors (Lipinski definition) is 1. The molecular formula is C13H16F2O2. The van der Waals surface area contributed by atoms with E-state index in [1.165, 1.54) is 25.3 Å². The van der Waals surface area contributed by atoms with Crippen molar-refractivity contribution in [1.29, 1.82) is 0 Å². The summed E-state index contributed by atoms with van der Waals surface area (Å²) in [6.45, 7) is 0.866. The Morgan fingerprint density at radius 1 is 1.41 bits per heavy atom. The van der Waals surface area contributed by atoms with Crippen LogP contribution < -0.4 is 4.74 Å². The molecule has 0 radical (unpaired) electrons. The lowest BCUT2D eigenvalue weighted by molar-refractivity contribution is 0.0172. The molecule has 2 rings (SSSR count). The van der Waals surface area contributed by atoms with E-state index in [1.807, 2.05) is 0 Å². The molecular weight excluding hydrogens is 226 g/mol. The highest BCUT2D eigenvalue weighted by molar-refractivity contribution is 5.40. The molecule has 1 fully saturated rings. The largest absolute Gasteiger partial charge is 0.496 e. The highest BCUT2D eigenvalue weighted by Crippen LogP contribution is 2.41. The van der Waals surface area contributed by atoms with Crippen LogP contribution in [-0.2, 0) is 12.3 Å². The molecule has 0 saturated heterocycles. The van der Waals surface area contributed by atoms with Gasteiger partial charge in [0.2, 0.25) is 0 Å². The molecule has 17 heavy (non-hydrogen) atoms. The molecule has 0 amide bonds. The minimum atomic E-state index is -2.87. The molecule has 94 valence electrons. The lowest BCUT2D eigenvalue weighted by atomic mass is 10.00. The second-order valence-electron chi connectivity index (χ2n) is 4.82. The SMILES string of the molecule is COc1ccc(C(C)(F)F)cc1CC1(O)CC1. The molecule has 0 aromatic heterocycles. The van der Waals surface area contributed by atoms with Crippen molar-refractivity contribution < 1.29 is 18.6 Å². The van der Waals surface area contributed by atoms with E-state index < -0.39 is 11.5 Å². The second-order valence-corrected chi connectivity index (χ2v) is 4.82. The monoisotopic (exact) mass is 242 g/mol. The van der Waals surface area contributed by atoms with Crippen molar-refractivity contribution in [2.24, 2.45) is 0 Å². The van der Waals surface area contributed by atoms with Crippen molar-refractivity contribution >= 4 is 0 Å². The van der Waals surface area contributed by atoms with Crippen LogP contribution >= 0.6 is 0 Å². The Hall–Kier alpha value is -1.16. The number of rotatable bonds is 4. The first-order valence-electron chi connectivity index (χ1n) is 5.62. The summed E-state index contributed by atoms with van der Waals surface area (Å²) < 4.78 is 31.6. The van der Waals surface area contributed by atoms with Crippen molar-refractivity contribution in [3.63, 3.8) is 0 Å². The molecule has 2 nitrogen and oxygen atoms in total. The van der Waals surface area contributed by atoms with Gasteiger partial charge in [-0.1, -0.05) is 0 Å². The van der Waals surface area contributed by atoms with Gasteiger partial charge in [0.1, 0.15) is 5.75 Å². The van der Waals surface area contributed by atoms with Gasteiger partial charge in [-0.25, -0.2) is 8.78 Å². The molecule has 0 aliphatic heterocycles. The maximum absolute atomic E-state index is 13.2. The third kappa shape index (κ3) is 2.75. The number of halogens is 2. The van der Waals surface area contributed by atoms with Crippen LogP contribution in [0.5, 0.6) is 5.75 Å². The van der Waals surface area contributed by atoms with Crippen LogP contribution in [0.2, 0.25) is 0 Å². The highest BCUT2D eigenvalue weighted by Gasteiger charge is 2.41. The zero-order valence-electron chi connectivity index (χ0n) is 9.96. The summed E-state index contributed by atoms with van der Waals surface area (Å²) in [5.74, 6) is -2.31. The van der Waals surface area contributed by atoms with Crippen LogP contribution in [0.15, 0.2) is 18.2 Å². The molecule has 0 bridgehead atoms. The minimum Gasteiger partial charge on any atom is -0.496 e. The topological polar surface area (TPSA) is 29.5 Å². The molecule has 0 atom stereocenters. The Morgan fingerprint density at radius 2 is 2.06 bits per heavy atom. The molecule has 1 aromatic carbocycles. The zero-order chi connectivity index (χ0) is 12.7. The summed E-state index contributed by atoms with van der Waals surface area (Å²) in [6, 6.07) is 4.32. The summed E-state index contributed by atoms with van der Waals surface area (Å²) in [5.41, 5.74) is -0.112. The number of aliphatic hydroxyl groups is 1. The molecule has 1 aliphatic rings. The normalized spacial score (nSPS) is 17.9. The van der Waals surface area contributed by atoms with Crippen molar-refractivity contribution in [1.82, 2.24) is 0 Å². The molecule has 1 N–H and O–H groups in total.